The molecule has 74 valence electrons. The molecule has 0 bridgehead atoms. The van der Waals surface area contributed by atoms with E-state index in [0.29, 0.717) is 24.1 Å². The first-order valence-corrected chi connectivity index (χ1v) is 4.11. The van der Waals surface area contributed by atoms with Crippen LogP contribution in [0.1, 0.15) is 17.4 Å². The normalized spacial score (nSPS) is 10.7. The highest BCUT2D eigenvalue weighted by Gasteiger charge is 2.09. The number of aryl methyl sites for hydroxylation is 1. The summed E-state index contributed by atoms with van der Waals surface area (Å²) in [5.41, 5.74) is 6.33. The topological polar surface area (TPSA) is 95.7 Å². The molecule has 0 aromatic carbocycles. The zero-order valence-electron chi connectivity index (χ0n) is 7.93. The summed E-state index contributed by atoms with van der Waals surface area (Å²) in [5, 5.41) is 11.2. The molecule has 2 heterocycles. The Morgan fingerprint density at radius 2 is 2.21 bits per heavy atom. The monoisotopic (exact) mass is 194 g/mol. The Hall–Kier alpha value is -1.92. The van der Waals surface area contributed by atoms with Gasteiger partial charge in [-0.2, -0.15) is 4.98 Å². The van der Waals surface area contributed by atoms with Crippen LogP contribution < -0.4 is 5.73 Å². The van der Waals surface area contributed by atoms with Crippen LogP contribution in [0.25, 0.3) is 0 Å². The van der Waals surface area contributed by atoms with Crippen LogP contribution in [0.15, 0.2) is 4.52 Å². The van der Waals surface area contributed by atoms with Gasteiger partial charge in [0.05, 0.1) is 5.69 Å². The molecule has 0 aliphatic carbocycles. The number of hydrogen-bond acceptors (Lipinski definition) is 6. The molecule has 7 heteroatoms. The van der Waals surface area contributed by atoms with Crippen molar-refractivity contribution in [2.24, 2.45) is 0 Å². The standard InChI is InChI=1S/C7H10N6O/c1-4-7(8)10-12-13(4)3-6-9-5(2)11-14-6/h3,8H2,1-2H3. The summed E-state index contributed by atoms with van der Waals surface area (Å²) in [6.07, 6.45) is 0. The second kappa shape index (κ2) is 3.09. The van der Waals surface area contributed by atoms with E-state index >= 15 is 0 Å². The minimum Gasteiger partial charge on any atom is -0.381 e. The van der Waals surface area contributed by atoms with E-state index in [2.05, 4.69) is 20.5 Å². The third-order valence-electron chi connectivity index (χ3n) is 1.87. The molecule has 0 saturated carbocycles. The molecule has 2 N–H and O–H groups in total. The molecule has 2 rings (SSSR count). The van der Waals surface area contributed by atoms with E-state index in [1.165, 1.54) is 0 Å². The third-order valence-corrected chi connectivity index (χ3v) is 1.87. The lowest BCUT2D eigenvalue weighted by atomic mass is 10.4. The predicted molar refractivity (Wildman–Crippen MR) is 47.3 cm³/mol. The zero-order valence-corrected chi connectivity index (χ0v) is 7.93. The average molecular weight is 194 g/mol. The molecular formula is C7H10N6O. The second-order valence-corrected chi connectivity index (χ2v) is 2.95. The van der Waals surface area contributed by atoms with Crippen molar-refractivity contribution in [2.75, 3.05) is 5.73 Å². The maximum Gasteiger partial charge on any atom is 0.248 e. The minimum absolute atomic E-state index is 0.400. The van der Waals surface area contributed by atoms with E-state index in [1.54, 1.807) is 11.6 Å². The fourth-order valence-electron chi connectivity index (χ4n) is 1.06. The molecule has 0 spiro atoms. The quantitative estimate of drug-likeness (QED) is 0.717. The maximum atomic E-state index is 5.54. The summed E-state index contributed by atoms with van der Waals surface area (Å²) in [4.78, 5) is 4.05. The van der Waals surface area contributed by atoms with Crippen molar-refractivity contribution in [2.45, 2.75) is 20.4 Å². The molecule has 2 aromatic rings. The lowest BCUT2D eigenvalue weighted by molar-refractivity contribution is 0.360. The van der Waals surface area contributed by atoms with E-state index in [4.69, 9.17) is 10.3 Å². The number of nitrogens with two attached hydrogens (primary N) is 1. The summed E-state index contributed by atoms with van der Waals surface area (Å²) in [6, 6.07) is 0. The van der Waals surface area contributed by atoms with Crippen LogP contribution in [-0.4, -0.2) is 25.1 Å². The number of rotatable bonds is 2. The Kier molecular flexibility index (Phi) is 1.91. The van der Waals surface area contributed by atoms with Gasteiger partial charge in [0.15, 0.2) is 11.6 Å². The van der Waals surface area contributed by atoms with E-state index in [1.807, 2.05) is 6.92 Å². The van der Waals surface area contributed by atoms with Gasteiger partial charge in [-0.1, -0.05) is 10.4 Å². The number of nitrogen functional groups attached to an aromatic ring is 1. The third kappa shape index (κ3) is 1.43. The molecule has 2 aromatic heterocycles. The van der Waals surface area contributed by atoms with Gasteiger partial charge < -0.3 is 10.3 Å². The number of anilines is 1. The number of hydrogen-bond donors (Lipinski definition) is 1. The van der Waals surface area contributed by atoms with Crippen LogP contribution in [0.4, 0.5) is 5.82 Å². The minimum atomic E-state index is 0.400. The van der Waals surface area contributed by atoms with Crippen molar-refractivity contribution in [3.05, 3.63) is 17.4 Å². The fourth-order valence-corrected chi connectivity index (χ4v) is 1.06. The Bertz CT molecular complexity index is 445. The largest absolute Gasteiger partial charge is 0.381 e. The first-order valence-electron chi connectivity index (χ1n) is 4.11. The van der Waals surface area contributed by atoms with E-state index in [-0.39, 0.29) is 0 Å². The van der Waals surface area contributed by atoms with Crippen molar-refractivity contribution in [3.8, 4) is 0 Å². The summed E-state index contributed by atoms with van der Waals surface area (Å²) in [7, 11) is 0. The Morgan fingerprint density at radius 1 is 1.43 bits per heavy atom. The van der Waals surface area contributed by atoms with Crippen LogP contribution in [0.5, 0.6) is 0 Å². The van der Waals surface area contributed by atoms with Crippen molar-refractivity contribution < 1.29 is 4.52 Å². The van der Waals surface area contributed by atoms with Gasteiger partial charge in [0, 0.05) is 0 Å². The summed E-state index contributed by atoms with van der Waals surface area (Å²) in [5.74, 6) is 1.52. The average Bonchev–Trinajstić information content (AvgIpc) is 2.67. The van der Waals surface area contributed by atoms with Crippen molar-refractivity contribution in [1.82, 2.24) is 25.1 Å². The summed E-state index contributed by atoms with van der Waals surface area (Å²) >= 11 is 0. The molecule has 0 unspecified atom stereocenters. The van der Waals surface area contributed by atoms with Crippen LogP contribution in [0, 0.1) is 13.8 Å². The molecule has 0 amide bonds. The fraction of sp³-hybridized carbons (Fsp3) is 0.429. The van der Waals surface area contributed by atoms with Gasteiger partial charge in [0.1, 0.15) is 6.54 Å². The number of aromatic nitrogens is 5. The van der Waals surface area contributed by atoms with Crippen LogP contribution >= 0.6 is 0 Å². The summed E-state index contributed by atoms with van der Waals surface area (Å²) in [6.45, 7) is 3.99. The van der Waals surface area contributed by atoms with Crippen molar-refractivity contribution >= 4 is 5.82 Å². The van der Waals surface area contributed by atoms with Gasteiger partial charge in [-0.15, -0.1) is 5.10 Å². The number of nitrogens with zero attached hydrogens (tertiary/aromatic N) is 5. The lowest BCUT2D eigenvalue weighted by Gasteiger charge is -1.96. The second-order valence-electron chi connectivity index (χ2n) is 2.95. The Balaban J connectivity index is 2.22. The van der Waals surface area contributed by atoms with E-state index in [9.17, 15) is 0 Å². The SMILES string of the molecule is Cc1noc(Cn2nnc(N)c2C)n1. The molecule has 0 radical (unpaired) electrons. The van der Waals surface area contributed by atoms with E-state index in [0.717, 1.165) is 5.69 Å². The predicted octanol–water partition coefficient (Wildman–Crippen LogP) is -0.0916. The van der Waals surface area contributed by atoms with Crippen molar-refractivity contribution in [1.29, 1.82) is 0 Å². The molecule has 14 heavy (non-hydrogen) atoms. The van der Waals surface area contributed by atoms with Gasteiger partial charge in [-0.25, -0.2) is 4.68 Å². The highest BCUT2D eigenvalue weighted by molar-refractivity contribution is 5.31. The first-order chi connectivity index (χ1) is 6.66. The molecule has 0 fully saturated rings. The molecule has 0 aliphatic rings. The first kappa shape index (κ1) is 8.67. The van der Waals surface area contributed by atoms with Gasteiger partial charge in [-0.3, -0.25) is 0 Å². The zero-order chi connectivity index (χ0) is 10.1. The Morgan fingerprint density at radius 3 is 2.71 bits per heavy atom. The molecular weight excluding hydrogens is 184 g/mol. The molecule has 0 atom stereocenters. The maximum absolute atomic E-state index is 5.54. The highest BCUT2D eigenvalue weighted by Crippen LogP contribution is 2.07. The van der Waals surface area contributed by atoms with Gasteiger partial charge in [0.25, 0.3) is 0 Å². The van der Waals surface area contributed by atoms with Crippen molar-refractivity contribution in [3.63, 3.8) is 0 Å². The highest BCUT2D eigenvalue weighted by atomic mass is 16.5. The van der Waals surface area contributed by atoms with Crippen LogP contribution in [-0.2, 0) is 6.54 Å². The van der Waals surface area contributed by atoms with E-state index < -0.39 is 0 Å². The Labute approximate surface area is 79.9 Å². The molecule has 0 saturated heterocycles. The summed E-state index contributed by atoms with van der Waals surface area (Å²) < 4.78 is 6.56. The van der Waals surface area contributed by atoms with Crippen LogP contribution in [0.2, 0.25) is 0 Å². The van der Waals surface area contributed by atoms with Gasteiger partial charge in [0.2, 0.25) is 5.89 Å². The smallest absolute Gasteiger partial charge is 0.248 e. The lowest BCUT2D eigenvalue weighted by Crippen LogP contribution is -2.04. The molecule has 0 aliphatic heterocycles. The van der Waals surface area contributed by atoms with Gasteiger partial charge in [-0.05, 0) is 13.8 Å². The molecule has 7 nitrogen and oxygen atoms in total. The van der Waals surface area contributed by atoms with Crippen LogP contribution in [0.3, 0.4) is 0 Å². The van der Waals surface area contributed by atoms with Gasteiger partial charge >= 0.3 is 0 Å².